The van der Waals surface area contributed by atoms with E-state index in [0.717, 1.165) is 45.1 Å². The summed E-state index contributed by atoms with van der Waals surface area (Å²) in [6.07, 6.45) is 7.86. The van der Waals surface area contributed by atoms with Crippen LogP contribution in [0, 0.1) is 17.3 Å². The second-order valence-corrected chi connectivity index (χ2v) is 9.21. The maximum Gasteiger partial charge on any atom is 0.312 e. The summed E-state index contributed by atoms with van der Waals surface area (Å²) in [7, 11) is 0. The molecule has 0 aromatic rings. The van der Waals surface area contributed by atoms with Crippen LogP contribution in [0.4, 0.5) is 0 Å². The van der Waals surface area contributed by atoms with E-state index in [1.54, 1.807) is 0 Å². The van der Waals surface area contributed by atoms with Crippen LogP contribution in [0.1, 0.15) is 51.4 Å². The molecule has 24 heavy (non-hydrogen) atoms. The largest absolute Gasteiger partial charge is 0.455 e. The van der Waals surface area contributed by atoms with Crippen molar-refractivity contribution < 1.29 is 19.1 Å². The van der Waals surface area contributed by atoms with Gasteiger partial charge in [0.1, 0.15) is 0 Å². The van der Waals surface area contributed by atoms with E-state index in [-0.39, 0.29) is 29.5 Å². The van der Waals surface area contributed by atoms with Crippen molar-refractivity contribution in [2.24, 2.45) is 17.3 Å². The molecule has 4 aliphatic carbocycles. The highest BCUT2D eigenvalue weighted by Gasteiger charge is 2.60. The Kier molecular flexibility index (Phi) is 4.28. The molecule has 0 unspecified atom stereocenters. The second-order valence-electron chi connectivity index (χ2n) is 8.41. The highest BCUT2D eigenvalue weighted by Crippen LogP contribution is 2.64. The SMILES string of the molecule is O=C(COC(=O)C12C[C@@H]3C[C@H](CC(Cl)(C3)C1)C2)NC[C@H]1CCCO1. The molecule has 5 rings (SSSR count). The standard InChI is InChI=1S/C18H26ClNO4/c19-18-7-12-4-13(8-18)6-17(5-12,11-18)16(22)24-10-15(21)20-9-14-2-1-3-23-14/h12-14H,1-11H2,(H,20,21)/t12-,13-,14+,17?,18?/m0/s1. The number of carbonyl (C=O) groups excluding carboxylic acids is 2. The van der Waals surface area contributed by atoms with Gasteiger partial charge in [-0.15, -0.1) is 11.6 Å². The Morgan fingerprint density at radius 2 is 1.96 bits per heavy atom. The predicted molar refractivity (Wildman–Crippen MR) is 88.6 cm³/mol. The summed E-state index contributed by atoms with van der Waals surface area (Å²) < 4.78 is 10.9. The molecule has 134 valence electrons. The normalized spacial score (nSPS) is 43.0. The van der Waals surface area contributed by atoms with E-state index in [9.17, 15) is 9.59 Å². The van der Waals surface area contributed by atoms with Crippen molar-refractivity contribution in [2.75, 3.05) is 19.8 Å². The topological polar surface area (TPSA) is 64.6 Å². The van der Waals surface area contributed by atoms with Crippen molar-refractivity contribution in [3.63, 3.8) is 0 Å². The summed E-state index contributed by atoms with van der Waals surface area (Å²) in [5, 5.41) is 2.79. The molecular formula is C18H26ClNO4. The van der Waals surface area contributed by atoms with Gasteiger partial charge in [-0.05, 0) is 63.2 Å². The average Bonchev–Trinajstić information content (AvgIpc) is 3.01. The molecule has 5 aliphatic rings. The molecule has 0 radical (unpaired) electrons. The number of amides is 1. The first-order valence-corrected chi connectivity index (χ1v) is 9.59. The van der Waals surface area contributed by atoms with Gasteiger partial charge in [-0.2, -0.15) is 0 Å². The molecule has 1 N–H and O–H groups in total. The third-order valence-corrected chi connectivity index (χ3v) is 6.75. The minimum atomic E-state index is -0.444. The molecule has 6 heteroatoms. The molecule has 4 bridgehead atoms. The molecule has 0 spiro atoms. The van der Waals surface area contributed by atoms with Crippen LogP contribution in [0.5, 0.6) is 0 Å². The smallest absolute Gasteiger partial charge is 0.312 e. The van der Waals surface area contributed by atoms with Crippen molar-refractivity contribution in [1.29, 1.82) is 0 Å². The summed E-state index contributed by atoms with van der Waals surface area (Å²) in [6.45, 7) is 1.06. The summed E-state index contributed by atoms with van der Waals surface area (Å²) in [5.41, 5.74) is -0.444. The number of nitrogens with one attached hydrogen (secondary N) is 1. The highest BCUT2D eigenvalue weighted by molar-refractivity contribution is 6.24. The molecule has 1 aliphatic heterocycles. The number of halogens is 1. The van der Waals surface area contributed by atoms with Crippen LogP contribution in [0.15, 0.2) is 0 Å². The van der Waals surface area contributed by atoms with Gasteiger partial charge in [-0.1, -0.05) is 0 Å². The van der Waals surface area contributed by atoms with Crippen LogP contribution in [0.2, 0.25) is 0 Å². The molecule has 1 heterocycles. The van der Waals surface area contributed by atoms with Gasteiger partial charge in [0.25, 0.3) is 5.91 Å². The lowest BCUT2D eigenvalue weighted by Gasteiger charge is -2.58. The van der Waals surface area contributed by atoms with E-state index in [1.165, 1.54) is 6.42 Å². The van der Waals surface area contributed by atoms with Crippen LogP contribution in [-0.2, 0) is 19.1 Å². The number of hydrogen-bond acceptors (Lipinski definition) is 4. The van der Waals surface area contributed by atoms with Crippen LogP contribution in [0.3, 0.4) is 0 Å². The van der Waals surface area contributed by atoms with E-state index in [2.05, 4.69) is 5.32 Å². The zero-order chi connectivity index (χ0) is 16.8. The van der Waals surface area contributed by atoms with Gasteiger partial charge in [-0.3, -0.25) is 9.59 Å². The predicted octanol–water partition coefficient (Wildman–Crippen LogP) is 2.40. The fourth-order valence-electron chi connectivity index (χ4n) is 5.76. The van der Waals surface area contributed by atoms with Crippen LogP contribution >= 0.6 is 11.6 Å². The number of carbonyl (C=O) groups is 2. The molecule has 0 aromatic carbocycles. The maximum atomic E-state index is 12.7. The summed E-state index contributed by atoms with van der Waals surface area (Å²) in [4.78, 5) is 24.4. The molecule has 3 atom stereocenters. The Bertz CT molecular complexity index is 517. The van der Waals surface area contributed by atoms with Crippen LogP contribution < -0.4 is 5.32 Å². The highest BCUT2D eigenvalue weighted by atomic mass is 35.5. The van der Waals surface area contributed by atoms with Gasteiger partial charge < -0.3 is 14.8 Å². The number of alkyl halides is 1. The third kappa shape index (κ3) is 3.17. The molecule has 5 fully saturated rings. The first-order chi connectivity index (χ1) is 11.5. The molecule has 5 nitrogen and oxygen atoms in total. The van der Waals surface area contributed by atoms with Gasteiger partial charge in [0.15, 0.2) is 6.61 Å². The fraction of sp³-hybridized carbons (Fsp3) is 0.889. The Hall–Kier alpha value is -0.810. The zero-order valence-electron chi connectivity index (χ0n) is 14.0. The van der Waals surface area contributed by atoms with Crippen molar-refractivity contribution in [1.82, 2.24) is 5.32 Å². The lowest BCUT2D eigenvalue weighted by molar-refractivity contribution is -0.171. The summed E-state index contributed by atoms with van der Waals surface area (Å²) >= 11 is 6.75. The van der Waals surface area contributed by atoms with Crippen LogP contribution in [-0.4, -0.2) is 42.6 Å². The second kappa shape index (κ2) is 6.17. The molecule has 4 saturated carbocycles. The fourth-order valence-corrected chi connectivity index (χ4v) is 6.45. The lowest BCUT2D eigenvalue weighted by atomic mass is 9.49. The Morgan fingerprint density at radius 3 is 2.58 bits per heavy atom. The molecule has 0 aromatic heterocycles. The Morgan fingerprint density at radius 1 is 1.21 bits per heavy atom. The quantitative estimate of drug-likeness (QED) is 0.607. The zero-order valence-corrected chi connectivity index (χ0v) is 14.8. The number of rotatable bonds is 5. The van der Waals surface area contributed by atoms with E-state index in [4.69, 9.17) is 21.1 Å². The van der Waals surface area contributed by atoms with E-state index in [1.807, 2.05) is 0 Å². The molecule has 1 saturated heterocycles. The Balaban J connectivity index is 1.29. The monoisotopic (exact) mass is 355 g/mol. The first-order valence-electron chi connectivity index (χ1n) is 9.21. The van der Waals surface area contributed by atoms with Crippen molar-refractivity contribution in [2.45, 2.75) is 62.3 Å². The average molecular weight is 356 g/mol. The van der Waals surface area contributed by atoms with Gasteiger partial charge in [0, 0.05) is 18.0 Å². The Labute approximate surface area is 147 Å². The minimum Gasteiger partial charge on any atom is -0.455 e. The maximum absolute atomic E-state index is 12.7. The molecule has 1 amide bonds. The summed E-state index contributed by atoms with van der Waals surface area (Å²) in [5.74, 6) is 0.632. The lowest BCUT2D eigenvalue weighted by Crippen LogP contribution is -2.56. The van der Waals surface area contributed by atoms with E-state index < -0.39 is 5.41 Å². The number of ether oxygens (including phenoxy) is 2. The molecular weight excluding hydrogens is 330 g/mol. The van der Waals surface area contributed by atoms with Gasteiger partial charge in [0.2, 0.25) is 0 Å². The van der Waals surface area contributed by atoms with Crippen molar-refractivity contribution >= 4 is 23.5 Å². The van der Waals surface area contributed by atoms with Gasteiger partial charge >= 0.3 is 5.97 Å². The minimum absolute atomic E-state index is 0.101. The van der Waals surface area contributed by atoms with E-state index >= 15 is 0 Å². The van der Waals surface area contributed by atoms with Gasteiger partial charge in [-0.25, -0.2) is 0 Å². The van der Waals surface area contributed by atoms with Crippen LogP contribution in [0.25, 0.3) is 0 Å². The number of esters is 1. The summed E-state index contributed by atoms with van der Waals surface area (Å²) in [6, 6.07) is 0. The first kappa shape index (κ1) is 16.6. The van der Waals surface area contributed by atoms with E-state index in [0.29, 0.717) is 24.8 Å². The van der Waals surface area contributed by atoms with Gasteiger partial charge in [0.05, 0.1) is 11.5 Å². The third-order valence-electron chi connectivity index (χ3n) is 6.31. The van der Waals surface area contributed by atoms with Crippen molar-refractivity contribution in [3.05, 3.63) is 0 Å². The van der Waals surface area contributed by atoms with Crippen molar-refractivity contribution in [3.8, 4) is 0 Å². The number of hydrogen-bond donors (Lipinski definition) is 1.